The lowest BCUT2D eigenvalue weighted by molar-refractivity contribution is -0.124. The van der Waals surface area contributed by atoms with E-state index in [1.807, 2.05) is 54.6 Å². The second kappa shape index (κ2) is 9.26. The predicted molar refractivity (Wildman–Crippen MR) is 113 cm³/mol. The van der Waals surface area contributed by atoms with Gasteiger partial charge in [0.1, 0.15) is 17.1 Å². The van der Waals surface area contributed by atoms with Crippen LogP contribution in [0.25, 0.3) is 11.1 Å². The van der Waals surface area contributed by atoms with Crippen molar-refractivity contribution in [2.75, 3.05) is 20.3 Å². The number of aliphatic hydroxyl groups is 1. The molecule has 3 aromatic rings. The van der Waals surface area contributed by atoms with Crippen LogP contribution in [0, 0.1) is 0 Å². The lowest BCUT2D eigenvalue weighted by Crippen LogP contribution is -2.40. The van der Waals surface area contributed by atoms with E-state index in [9.17, 15) is 9.90 Å². The van der Waals surface area contributed by atoms with Crippen molar-refractivity contribution in [2.24, 2.45) is 0 Å². The maximum atomic E-state index is 12.1. The van der Waals surface area contributed by atoms with Gasteiger partial charge in [0.15, 0.2) is 6.61 Å². The molecule has 0 radical (unpaired) electrons. The van der Waals surface area contributed by atoms with Gasteiger partial charge in [0.2, 0.25) is 0 Å². The summed E-state index contributed by atoms with van der Waals surface area (Å²) in [7, 11) is 1.57. The molecule has 150 valence electrons. The van der Waals surface area contributed by atoms with Crippen molar-refractivity contribution in [3.8, 4) is 22.6 Å². The Bertz CT molecular complexity index is 937. The molecule has 0 aliphatic heterocycles. The molecular formula is C24H25NO4. The third-order valence-electron chi connectivity index (χ3n) is 4.65. The topological polar surface area (TPSA) is 67.8 Å². The average molecular weight is 391 g/mol. The predicted octanol–water partition coefficient (Wildman–Crippen LogP) is 3.76. The van der Waals surface area contributed by atoms with E-state index < -0.39 is 5.60 Å². The molecule has 3 aromatic carbocycles. The van der Waals surface area contributed by atoms with Gasteiger partial charge in [-0.3, -0.25) is 4.79 Å². The summed E-state index contributed by atoms with van der Waals surface area (Å²) in [6.07, 6.45) is 0. The molecule has 3 rings (SSSR count). The van der Waals surface area contributed by atoms with Crippen molar-refractivity contribution in [1.82, 2.24) is 5.32 Å². The van der Waals surface area contributed by atoms with Gasteiger partial charge in [-0.25, -0.2) is 0 Å². The minimum absolute atomic E-state index is 0.0813. The van der Waals surface area contributed by atoms with Gasteiger partial charge in [-0.1, -0.05) is 60.7 Å². The molecule has 0 unspecified atom stereocenters. The zero-order valence-corrected chi connectivity index (χ0v) is 16.6. The number of methoxy groups -OCH3 is 1. The Morgan fingerprint density at radius 3 is 2.28 bits per heavy atom. The Hall–Kier alpha value is -3.31. The quantitative estimate of drug-likeness (QED) is 0.613. The largest absolute Gasteiger partial charge is 0.497 e. The van der Waals surface area contributed by atoms with Crippen LogP contribution in [0.3, 0.4) is 0 Å². The van der Waals surface area contributed by atoms with Crippen LogP contribution in [-0.4, -0.2) is 31.3 Å². The van der Waals surface area contributed by atoms with Crippen LogP contribution in [0.4, 0.5) is 0 Å². The Morgan fingerprint density at radius 2 is 1.59 bits per heavy atom. The summed E-state index contributed by atoms with van der Waals surface area (Å²) < 4.78 is 10.6. The molecule has 1 atom stereocenters. The molecule has 0 bridgehead atoms. The fraction of sp³-hybridized carbons (Fsp3) is 0.208. The number of ether oxygens (including phenoxy) is 2. The second-order valence-corrected chi connectivity index (χ2v) is 6.96. The highest BCUT2D eigenvalue weighted by molar-refractivity contribution is 5.77. The fourth-order valence-electron chi connectivity index (χ4n) is 2.92. The first-order valence-corrected chi connectivity index (χ1v) is 9.40. The molecule has 0 saturated heterocycles. The highest BCUT2D eigenvalue weighted by Crippen LogP contribution is 2.25. The lowest BCUT2D eigenvalue weighted by atomic mass is 9.93. The van der Waals surface area contributed by atoms with E-state index in [0.29, 0.717) is 11.5 Å². The van der Waals surface area contributed by atoms with Gasteiger partial charge in [-0.15, -0.1) is 0 Å². The molecule has 29 heavy (non-hydrogen) atoms. The summed E-state index contributed by atoms with van der Waals surface area (Å²) in [5.41, 5.74) is 1.72. The van der Waals surface area contributed by atoms with Crippen molar-refractivity contribution in [3.05, 3.63) is 84.4 Å². The summed E-state index contributed by atoms with van der Waals surface area (Å²) in [4.78, 5) is 12.1. The van der Waals surface area contributed by atoms with E-state index in [0.717, 1.165) is 16.7 Å². The number of hydrogen-bond acceptors (Lipinski definition) is 4. The number of rotatable bonds is 8. The van der Waals surface area contributed by atoms with Crippen molar-refractivity contribution >= 4 is 5.91 Å². The fourth-order valence-corrected chi connectivity index (χ4v) is 2.92. The van der Waals surface area contributed by atoms with Gasteiger partial charge in [-0.2, -0.15) is 0 Å². The summed E-state index contributed by atoms with van der Waals surface area (Å²) in [6, 6.07) is 24.8. The second-order valence-electron chi connectivity index (χ2n) is 6.96. The van der Waals surface area contributed by atoms with Gasteiger partial charge < -0.3 is 19.9 Å². The van der Waals surface area contributed by atoms with Gasteiger partial charge >= 0.3 is 0 Å². The maximum absolute atomic E-state index is 12.1. The normalized spacial score (nSPS) is 12.7. The van der Waals surface area contributed by atoms with Crippen LogP contribution in [-0.2, 0) is 10.4 Å². The van der Waals surface area contributed by atoms with E-state index in [1.54, 1.807) is 38.3 Å². The van der Waals surface area contributed by atoms with Gasteiger partial charge in [0.05, 0.1) is 13.7 Å². The smallest absolute Gasteiger partial charge is 0.258 e. The number of carbonyl (C=O) groups is 1. The zero-order valence-electron chi connectivity index (χ0n) is 16.6. The number of nitrogens with one attached hydrogen (secondary N) is 1. The molecule has 5 heteroatoms. The van der Waals surface area contributed by atoms with Crippen LogP contribution in [0.5, 0.6) is 11.5 Å². The summed E-state index contributed by atoms with van der Waals surface area (Å²) >= 11 is 0. The standard InChI is InChI=1S/C24H25NO4/c1-24(27,20-13-11-19(12-14-20)18-7-4-3-5-8-18)17-25-23(26)16-29-22-10-6-9-21(15-22)28-2/h3-15,27H,16-17H2,1-2H3,(H,25,26)/t24-/m0/s1. The number of carbonyl (C=O) groups excluding carboxylic acids is 1. The lowest BCUT2D eigenvalue weighted by Gasteiger charge is -2.24. The highest BCUT2D eigenvalue weighted by Gasteiger charge is 2.24. The molecule has 0 aliphatic carbocycles. The maximum Gasteiger partial charge on any atom is 0.258 e. The molecule has 0 fully saturated rings. The molecule has 0 heterocycles. The summed E-state index contributed by atoms with van der Waals surface area (Å²) in [6.45, 7) is 1.61. The van der Waals surface area contributed by atoms with E-state index in [4.69, 9.17) is 9.47 Å². The Kier molecular flexibility index (Phi) is 6.52. The molecule has 0 saturated carbocycles. The van der Waals surface area contributed by atoms with Crippen molar-refractivity contribution < 1.29 is 19.4 Å². The van der Waals surface area contributed by atoms with Crippen molar-refractivity contribution in [1.29, 1.82) is 0 Å². The van der Waals surface area contributed by atoms with Crippen LogP contribution >= 0.6 is 0 Å². The number of hydrogen-bond donors (Lipinski definition) is 2. The molecule has 0 aromatic heterocycles. The van der Waals surface area contributed by atoms with Crippen molar-refractivity contribution in [3.63, 3.8) is 0 Å². The average Bonchev–Trinajstić information content (AvgIpc) is 2.77. The van der Waals surface area contributed by atoms with Gasteiger partial charge in [0.25, 0.3) is 5.91 Å². The Balaban J connectivity index is 1.54. The molecule has 5 nitrogen and oxygen atoms in total. The minimum atomic E-state index is -1.19. The van der Waals surface area contributed by atoms with E-state index in [1.165, 1.54) is 0 Å². The zero-order chi connectivity index (χ0) is 20.7. The van der Waals surface area contributed by atoms with E-state index in [-0.39, 0.29) is 19.1 Å². The van der Waals surface area contributed by atoms with Crippen LogP contribution < -0.4 is 14.8 Å². The number of amides is 1. The highest BCUT2D eigenvalue weighted by atomic mass is 16.5. The first kappa shape index (κ1) is 20.4. The molecule has 0 spiro atoms. The van der Waals surface area contributed by atoms with E-state index >= 15 is 0 Å². The Morgan fingerprint density at radius 1 is 0.931 bits per heavy atom. The van der Waals surface area contributed by atoms with Gasteiger partial charge in [0, 0.05) is 6.07 Å². The SMILES string of the molecule is COc1cccc(OCC(=O)NC[C@](C)(O)c2ccc(-c3ccccc3)cc2)c1. The monoisotopic (exact) mass is 391 g/mol. The van der Waals surface area contributed by atoms with Crippen LogP contribution in [0.15, 0.2) is 78.9 Å². The first-order chi connectivity index (χ1) is 14.0. The van der Waals surface area contributed by atoms with E-state index in [2.05, 4.69) is 5.32 Å². The van der Waals surface area contributed by atoms with Crippen LogP contribution in [0.1, 0.15) is 12.5 Å². The third kappa shape index (κ3) is 5.59. The molecule has 0 aliphatic rings. The molecule has 2 N–H and O–H groups in total. The minimum Gasteiger partial charge on any atom is -0.497 e. The van der Waals surface area contributed by atoms with Crippen molar-refractivity contribution in [2.45, 2.75) is 12.5 Å². The molecular weight excluding hydrogens is 366 g/mol. The van der Waals surface area contributed by atoms with Gasteiger partial charge in [-0.05, 0) is 35.7 Å². The molecule has 1 amide bonds. The van der Waals surface area contributed by atoms with Crippen LogP contribution in [0.2, 0.25) is 0 Å². The summed E-state index contributed by atoms with van der Waals surface area (Å²) in [5, 5.41) is 13.5. The Labute approximate surface area is 170 Å². The summed E-state index contributed by atoms with van der Waals surface area (Å²) in [5.74, 6) is 0.890. The third-order valence-corrected chi connectivity index (χ3v) is 4.65. The number of benzene rings is 3. The first-order valence-electron chi connectivity index (χ1n) is 9.40.